The third-order valence-corrected chi connectivity index (χ3v) is 4.29. The minimum Gasteiger partial charge on any atom is -0.481 e. The number of amides is 4. The van der Waals surface area contributed by atoms with Crippen molar-refractivity contribution in [1.29, 1.82) is 0 Å². The van der Waals surface area contributed by atoms with E-state index in [0.717, 1.165) is 4.90 Å². The summed E-state index contributed by atoms with van der Waals surface area (Å²) in [4.78, 5) is 71.9. The van der Waals surface area contributed by atoms with Gasteiger partial charge in [-0.1, -0.05) is 12.1 Å². The largest absolute Gasteiger partial charge is 0.481 e. The maximum absolute atomic E-state index is 12.8. The van der Waals surface area contributed by atoms with Crippen molar-refractivity contribution in [3.8, 4) is 0 Å². The van der Waals surface area contributed by atoms with Gasteiger partial charge in [-0.05, 0) is 18.1 Å². The number of Topliss-reactive ketones (excluding diaryl/α,β-unsaturated/α-hetero) is 1. The lowest BCUT2D eigenvalue weighted by Gasteiger charge is -2.27. The van der Waals surface area contributed by atoms with Gasteiger partial charge in [0.2, 0.25) is 11.8 Å². The molecule has 9 nitrogen and oxygen atoms in total. The number of hydrogen-bond donors (Lipinski definition) is 2. The second-order valence-corrected chi connectivity index (χ2v) is 6.07. The Morgan fingerprint density at radius 1 is 1.15 bits per heavy atom. The Hall–Kier alpha value is -3.36. The zero-order valence-electron chi connectivity index (χ0n) is 13.5. The molecule has 0 spiro atoms. The number of ketones is 1. The molecule has 1 aromatic rings. The monoisotopic (exact) mass is 358 g/mol. The number of nitrogens with zero attached hydrogens (tertiary/aromatic N) is 1. The third kappa shape index (κ3) is 2.99. The van der Waals surface area contributed by atoms with E-state index in [1.54, 1.807) is 0 Å². The van der Waals surface area contributed by atoms with Crippen molar-refractivity contribution in [1.82, 2.24) is 10.2 Å². The lowest BCUT2D eigenvalue weighted by atomic mass is 9.98. The molecule has 4 amide bonds. The number of rotatable bonds is 5. The molecule has 0 radical (unpaired) electrons. The fourth-order valence-corrected chi connectivity index (χ4v) is 3.18. The van der Waals surface area contributed by atoms with Crippen LogP contribution < -0.4 is 5.32 Å². The van der Waals surface area contributed by atoms with Crippen molar-refractivity contribution in [3.05, 3.63) is 34.9 Å². The third-order valence-electron chi connectivity index (χ3n) is 4.29. The number of imide groups is 2. The van der Waals surface area contributed by atoms with Crippen LogP contribution in [0.4, 0.5) is 0 Å². The van der Waals surface area contributed by atoms with Gasteiger partial charge in [0, 0.05) is 12.8 Å². The molecule has 134 valence electrons. The molecule has 1 fully saturated rings. The van der Waals surface area contributed by atoms with E-state index in [2.05, 4.69) is 5.32 Å². The molecule has 0 bridgehead atoms. The van der Waals surface area contributed by atoms with E-state index in [9.17, 15) is 28.8 Å². The minimum absolute atomic E-state index is 0.000869. The molecule has 9 heteroatoms. The number of piperidine rings is 1. The number of aliphatic carboxylic acids is 1. The number of nitrogens with one attached hydrogen (secondary N) is 1. The molecule has 1 unspecified atom stereocenters. The molecule has 2 aliphatic heterocycles. The highest BCUT2D eigenvalue weighted by atomic mass is 16.4. The van der Waals surface area contributed by atoms with Gasteiger partial charge in [-0.2, -0.15) is 0 Å². The first-order chi connectivity index (χ1) is 12.3. The molecule has 2 N–H and O–H groups in total. The molecule has 1 saturated heterocycles. The van der Waals surface area contributed by atoms with Crippen LogP contribution in [-0.4, -0.2) is 51.4 Å². The van der Waals surface area contributed by atoms with E-state index in [1.165, 1.54) is 18.2 Å². The summed E-state index contributed by atoms with van der Waals surface area (Å²) in [5.74, 6) is -4.48. The maximum atomic E-state index is 12.8. The first kappa shape index (κ1) is 17.5. The normalized spacial score (nSPS) is 19.4. The Kier molecular flexibility index (Phi) is 4.37. The van der Waals surface area contributed by atoms with E-state index in [0.29, 0.717) is 0 Å². The number of benzene rings is 1. The summed E-state index contributed by atoms with van der Waals surface area (Å²) >= 11 is 0. The summed E-state index contributed by atoms with van der Waals surface area (Å²) in [5, 5.41) is 10.8. The maximum Gasteiger partial charge on any atom is 0.310 e. The predicted molar refractivity (Wildman–Crippen MR) is 84.1 cm³/mol. The first-order valence-corrected chi connectivity index (χ1v) is 7.86. The minimum atomic E-state index is -1.28. The smallest absolute Gasteiger partial charge is 0.310 e. The average Bonchev–Trinajstić information content (AvgIpc) is 2.79. The molecule has 1 atom stereocenters. The molecule has 0 saturated carbocycles. The van der Waals surface area contributed by atoms with Crippen molar-refractivity contribution in [2.24, 2.45) is 0 Å². The molecule has 0 aromatic heterocycles. The van der Waals surface area contributed by atoms with E-state index < -0.39 is 47.8 Å². The highest BCUT2D eigenvalue weighted by Crippen LogP contribution is 2.30. The van der Waals surface area contributed by atoms with Crippen LogP contribution in [0, 0.1) is 0 Å². The number of hydrogen-bond acceptors (Lipinski definition) is 6. The topological polar surface area (TPSA) is 138 Å². The van der Waals surface area contributed by atoms with E-state index in [1.807, 2.05) is 0 Å². The number of carboxylic acids is 1. The van der Waals surface area contributed by atoms with Gasteiger partial charge in [-0.15, -0.1) is 0 Å². The van der Waals surface area contributed by atoms with Gasteiger partial charge < -0.3 is 5.11 Å². The van der Waals surface area contributed by atoms with E-state index in [-0.39, 0.29) is 36.0 Å². The van der Waals surface area contributed by atoms with Crippen LogP contribution in [0.2, 0.25) is 0 Å². The van der Waals surface area contributed by atoms with Gasteiger partial charge in [-0.3, -0.25) is 39.0 Å². The number of carbonyl (C=O) groups excluding carboxylic acids is 5. The standard InChI is InChI=1S/C17H14N2O7/c20-9(7-13(22)23)6-8-2-1-3-10-14(8)17(26)19(16(10)25)11-4-5-12(21)18-15(11)24/h1-3,11H,4-7H2,(H,22,23)(H,18,21,24). The molecular weight excluding hydrogens is 344 g/mol. The molecule has 2 aliphatic rings. The molecule has 26 heavy (non-hydrogen) atoms. The second kappa shape index (κ2) is 6.51. The molecule has 0 aliphatic carbocycles. The van der Waals surface area contributed by atoms with Crippen LogP contribution in [0.15, 0.2) is 18.2 Å². The van der Waals surface area contributed by atoms with E-state index in [4.69, 9.17) is 5.11 Å². The Labute approximate surface area is 147 Å². The molecule has 1 aromatic carbocycles. The number of carbonyl (C=O) groups is 6. The van der Waals surface area contributed by atoms with Crippen LogP contribution in [-0.2, 0) is 25.6 Å². The lowest BCUT2D eigenvalue weighted by molar-refractivity contribution is -0.140. The Balaban J connectivity index is 1.91. The molecule has 3 rings (SSSR count). The highest BCUT2D eigenvalue weighted by Gasteiger charge is 2.45. The summed E-state index contributed by atoms with van der Waals surface area (Å²) in [5.41, 5.74) is 0.295. The number of carboxylic acid groups (broad SMARTS) is 1. The Bertz CT molecular complexity index is 874. The van der Waals surface area contributed by atoms with Crippen molar-refractivity contribution >= 4 is 35.4 Å². The summed E-state index contributed by atoms with van der Waals surface area (Å²) in [7, 11) is 0. The quantitative estimate of drug-likeness (QED) is 0.543. The van der Waals surface area contributed by atoms with Crippen LogP contribution in [0.1, 0.15) is 45.5 Å². The Morgan fingerprint density at radius 3 is 2.54 bits per heavy atom. The fourth-order valence-electron chi connectivity index (χ4n) is 3.18. The van der Waals surface area contributed by atoms with Crippen LogP contribution in [0.5, 0.6) is 0 Å². The van der Waals surface area contributed by atoms with Crippen LogP contribution in [0.3, 0.4) is 0 Å². The highest BCUT2D eigenvalue weighted by molar-refractivity contribution is 6.24. The van der Waals surface area contributed by atoms with Gasteiger partial charge in [0.05, 0.1) is 11.1 Å². The van der Waals surface area contributed by atoms with Gasteiger partial charge in [-0.25, -0.2) is 0 Å². The predicted octanol–water partition coefficient (Wildman–Crippen LogP) is -0.326. The summed E-state index contributed by atoms with van der Waals surface area (Å²) in [6.45, 7) is 0. The van der Waals surface area contributed by atoms with Crippen molar-refractivity contribution in [2.75, 3.05) is 0 Å². The molecular formula is C17H14N2O7. The van der Waals surface area contributed by atoms with E-state index >= 15 is 0 Å². The summed E-state index contributed by atoms with van der Waals surface area (Å²) < 4.78 is 0. The van der Waals surface area contributed by atoms with Crippen molar-refractivity contribution in [2.45, 2.75) is 31.7 Å². The van der Waals surface area contributed by atoms with Crippen molar-refractivity contribution < 1.29 is 33.9 Å². The van der Waals surface area contributed by atoms with Crippen LogP contribution >= 0.6 is 0 Å². The SMILES string of the molecule is O=C(O)CC(=O)Cc1cccc2c1C(=O)N(C1CCC(=O)NC1=O)C2=O. The van der Waals surface area contributed by atoms with Gasteiger partial charge in [0.1, 0.15) is 18.2 Å². The van der Waals surface area contributed by atoms with Crippen LogP contribution in [0.25, 0.3) is 0 Å². The molecule has 2 heterocycles. The van der Waals surface area contributed by atoms with Gasteiger partial charge >= 0.3 is 5.97 Å². The summed E-state index contributed by atoms with van der Waals surface area (Å²) in [6.07, 6.45) is -0.961. The number of fused-ring (bicyclic) bond motifs is 1. The summed E-state index contributed by atoms with van der Waals surface area (Å²) in [6, 6.07) is 3.27. The fraction of sp³-hybridized carbons (Fsp3) is 0.294. The Morgan fingerprint density at radius 2 is 1.88 bits per heavy atom. The zero-order chi connectivity index (χ0) is 19.0. The lowest BCUT2D eigenvalue weighted by Crippen LogP contribution is -2.54. The first-order valence-electron chi connectivity index (χ1n) is 7.86. The average molecular weight is 358 g/mol. The van der Waals surface area contributed by atoms with Crippen molar-refractivity contribution in [3.63, 3.8) is 0 Å². The van der Waals surface area contributed by atoms with Gasteiger partial charge in [0.15, 0.2) is 0 Å². The second-order valence-electron chi connectivity index (χ2n) is 6.07. The van der Waals surface area contributed by atoms with Gasteiger partial charge in [0.25, 0.3) is 11.8 Å². The zero-order valence-corrected chi connectivity index (χ0v) is 13.5.